The first kappa shape index (κ1) is 41.6. The number of carbonyl (C=O) groups excluding carboxylic acids is 1. The monoisotopic (exact) mass is 908 g/mol. The molecule has 0 unspecified atom stereocenters. The Hall–Kier alpha value is -7.77. The molecule has 12 heterocycles. The van der Waals surface area contributed by atoms with Crippen LogP contribution < -0.4 is 10.0 Å². The van der Waals surface area contributed by atoms with E-state index in [1.165, 1.54) is 0 Å². The van der Waals surface area contributed by atoms with Gasteiger partial charge in [-0.1, -0.05) is 12.1 Å². The Kier molecular flexibility index (Phi) is 10.3. The minimum Gasteiger partial charge on any atom is -0.313 e. The van der Waals surface area contributed by atoms with Crippen molar-refractivity contribution < 1.29 is 4.79 Å². The van der Waals surface area contributed by atoms with Gasteiger partial charge in [0.05, 0.1) is 84.1 Å². The van der Waals surface area contributed by atoms with Crippen molar-refractivity contribution in [1.82, 2.24) is 79.3 Å². The highest BCUT2D eigenvalue weighted by atomic mass is 16.2. The molecule has 68 heavy (non-hydrogen) atoms. The number of aromatic amines is 2. The maximum absolute atomic E-state index is 14.7. The fraction of sp³-hybridized carbons (Fsp3) is 0.327. The zero-order valence-corrected chi connectivity index (χ0v) is 38.6. The van der Waals surface area contributed by atoms with Crippen LogP contribution in [0.3, 0.4) is 0 Å². The van der Waals surface area contributed by atoms with Crippen LogP contribution in [0.4, 0.5) is 4.79 Å². The van der Waals surface area contributed by atoms with E-state index in [1.54, 1.807) is 0 Å². The second kappa shape index (κ2) is 16.8. The normalized spacial score (nSPS) is 16.5. The van der Waals surface area contributed by atoms with Gasteiger partial charge in [0.15, 0.2) is 11.6 Å². The van der Waals surface area contributed by atoms with Crippen LogP contribution in [0, 0.1) is 13.8 Å². The number of pyridine rings is 4. The second-order valence-corrected chi connectivity index (χ2v) is 18.3. The summed E-state index contributed by atoms with van der Waals surface area (Å²) in [6, 6.07) is 20.1. The molecule has 8 aromatic rings. The molecule has 0 spiro atoms. The molecule has 2 saturated heterocycles. The topological polar surface area (TPSA) is 181 Å². The molecule has 12 rings (SSSR count). The number of hydrogen-bond acceptors (Lipinski definition) is 13. The molecule has 0 aromatic carbocycles. The van der Waals surface area contributed by atoms with Crippen LogP contribution in [0.15, 0.2) is 85.5 Å². The molecule has 2 fully saturated rings. The number of nitrogens with zero attached hydrogens (tertiary/aromatic N) is 16. The van der Waals surface area contributed by atoms with Crippen molar-refractivity contribution in [3.05, 3.63) is 120 Å². The number of aromatic nitrogens is 12. The molecule has 2 N–H and O–H groups in total. The second-order valence-electron chi connectivity index (χ2n) is 18.3. The lowest BCUT2D eigenvalue weighted by atomic mass is 10.0. The number of urea groups is 1. The smallest absolute Gasteiger partial charge is 0.313 e. The van der Waals surface area contributed by atoms with Crippen LogP contribution in [-0.4, -0.2) is 152 Å². The van der Waals surface area contributed by atoms with Crippen molar-refractivity contribution in [3.63, 3.8) is 0 Å². The van der Waals surface area contributed by atoms with Crippen molar-refractivity contribution >= 4 is 6.03 Å². The predicted molar refractivity (Wildman–Crippen MR) is 257 cm³/mol. The summed E-state index contributed by atoms with van der Waals surface area (Å²) < 4.78 is 4.47. The number of amides is 2. The molecule has 0 bridgehead atoms. The fourth-order valence-corrected chi connectivity index (χ4v) is 9.99. The summed E-state index contributed by atoms with van der Waals surface area (Å²) in [5.74, 6) is 1.54. The van der Waals surface area contributed by atoms with Crippen LogP contribution in [0.5, 0.6) is 0 Å². The van der Waals surface area contributed by atoms with E-state index in [0.29, 0.717) is 26.2 Å². The zero-order valence-electron chi connectivity index (χ0n) is 38.6. The van der Waals surface area contributed by atoms with Crippen molar-refractivity contribution in [3.8, 4) is 68.1 Å². The van der Waals surface area contributed by atoms with E-state index in [-0.39, 0.29) is 6.03 Å². The van der Waals surface area contributed by atoms with Crippen LogP contribution in [-0.2, 0) is 26.2 Å². The van der Waals surface area contributed by atoms with Gasteiger partial charge >= 0.3 is 6.03 Å². The Morgan fingerprint density at radius 3 is 1.40 bits per heavy atom. The highest BCUT2D eigenvalue weighted by Gasteiger charge is 2.39. The predicted octanol–water partition coefficient (Wildman–Crippen LogP) is 4.94. The van der Waals surface area contributed by atoms with Crippen molar-refractivity contribution in [2.24, 2.45) is 0 Å². The number of carbonyl (C=O) groups is 1. The summed E-state index contributed by atoms with van der Waals surface area (Å²) in [6.07, 6.45) is 7.35. The highest BCUT2D eigenvalue weighted by Crippen LogP contribution is 2.37. The largest absolute Gasteiger partial charge is 0.321 e. The number of imidazole rings is 2. The Labute approximate surface area is 393 Å². The lowest BCUT2D eigenvalue weighted by Gasteiger charge is -2.36. The highest BCUT2D eigenvalue weighted by molar-refractivity contribution is 5.82. The number of nitrogens with one attached hydrogen (secondary N) is 2. The third kappa shape index (κ3) is 7.43. The number of aryl methyl sites for hydroxylation is 2. The van der Waals surface area contributed by atoms with Gasteiger partial charge in [-0.15, -0.1) is 0 Å². The maximum atomic E-state index is 14.7. The Morgan fingerprint density at radius 1 is 0.529 bits per heavy atom. The van der Waals surface area contributed by atoms with Gasteiger partial charge in [-0.3, -0.25) is 30.1 Å². The SMILES string of the molecule is Cc1cccc(-c2[nH]ncc2-c2ccnc(-c3nc4c(n3N3CCN(C)CC3)CN(C(=O)N3Cc5nc(-c6cc(-c7cn[nH]c7-c7cccc(C)n7)ccn6)n(N6CCN(C)CC6)c5C3)C4)c2)n1. The third-order valence-electron chi connectivity index (χ3n) is 13.7. The first-order chi connectivity index (χ1) is 33.2. The third-order valence-corrected chi connectivity index (χ3v) is 13.7. The number of fused-ring (bicyclic) bond motifs is 2. The summed E-state index contributed by atoms with van der Waals surface area (Å²) in [7, 11) is 4.31. The molecule has 8 aromatic heterocycles. The van der Waals surface area contributed by atoms with E-state index < -0.39 is 0 Å². The standard InChI is InChI=1S/C49H52N18O/c1-31-7-5-9-37(54-31)45-35(25-52-58-45)33-11-13-50-39(23-33)47-56-41-27-62(29-43(41)66(47)64-19-15-60(3)16-20-64)49(68)63-28-42-44(30-63)67(65-21-17-61(4)18-22-65)48(57-42)40-24-34(12-14-51-40)36-26-53-59-46(36)38-10-6-8-32(2)55-38/h5-14,23-26H,15-22,27-30H2,1-4H3,(H,52,58)(H,53,59). The number of likely N-dealkylation sites (N-methyl/N-ethyl adjacent to an activating group) is 2. The van der Waals surface area contributed by atoms with Gasteiger partial charge in [0.2, 0.25) is 0 Å². The minimum atomic E-state index is -0.0336. The molecule has 19 heteroatoms. The summed E-state index contributed by atoms with van der Waals surface area (Å²) >= 11 is 0. The number of rotatable bonds is 8. The van der Waals surface area contributed by atoms with Crippen molar-refractivity contribution in [2.75, 3.05) is 76.5 Å². The molecule has 19 nitrogen and oxygen atoms in total. The molecule has 344 valence electrons. The molecule has 0 atom stereocenters. The van der Waals surface area contributed by atoms with Crippen LogP contribution in [0.25, 0.3) is 68.1 Å². The number of H-pyrrole nitrogens is 2. The van der Waals surface area contributed by atoms with E-state index >= 15 is 0 Å². The van der Waals surface area contributed by atoms with Gasteiger partial charge in [0, 0.05) is 87.3 Å². The molecule has 4 aliphatic heterocycles. The number of hydrogen-bond donors (Lipinski definition) is 2. The van der Waals surface area contributed by atoms with Crippen LogP contribution >= 0.6 is 0 Å². The van der Waals surface area contributed by atoms with E-state index in [4.69, 9.17) is 29.9 Å². The van der Waals surface area contributed by atoms with E-state index in [9.17, 15) is 4.79 Å². The average molecular weight is 909 g/mol. The summed E-state index contributed by atoms with van der Waals surface area (Å²) in [5.41, 5.74) is 14.3. The van der Waals surface area contributed by atoms with Gasteiger partial charge in [-0.25, -0.2) is 24.1 Å². The van der Waals surface area contributed by atoms with Gasteiger partial charge in [-0.05, 0) is 87.6 Å². The lowest BCUT2D eigenvalue weighted by Crippen LogP contribution is -2.51. The van der Waals surface area contributed by atoms with Gasteiger partial charge in [0.1, 0.15) is 11.4 Å². The molecule has 0 radical (unpaired) electrons. The van der Waals surface area contributed by atoms with Gasteiger partial charge in [-0.2, -0.15) is 10.2 Å². The summed E-state index contributed by atoms with van der Waals surface area (Å²) in [6.45, 7) is 12.6. The van der Waals surface area contributed by atoms with Gasteiger partial charge in [0.25, 0.3) is 0 Å². The zero-order chi connectivity index (χ0) is 46.0. The Morgan fingerprint density at radius 2 is 0.971 bits per heavy atom. The quantitative estimate of drug-likeness (QED) is 0.210. The Bertz CT molecular complexity index is 2970. The molecule has 4 aliphatic rings. The molecule has 2 amide bonds. The molecule has 0 aliphatic carbocycles. The molecular formula is C49H52N18O. The molecule has 0 saturated carbocycles. The van der Waals surface area contributed by atoms with Crippen LogP contribution in [0.2, 0.25) is 0 Å². The van der Waals surface area contributed by atoms with E-state index in [0.717, 1.165) is 155 Å². The van der Waals surface area contributed by atoms with Crippen LogP contribution in [0.1, 0.15) is 34.2 Å². The van der Waals surface area contributed by atoms with Crippen molar-refractivity contribution in [1.29, 1.82) is 0 Å². The van der Waals surface area contributed by atoms with E-state index in [2.05, 4.69) is 75.8 Å². The van der Waals surface area contributed by atoms with E-state index in [1.807, 2.05) is 97.0 Å². The molecular weight excluding hydrogens is 857 g/mol. The minimum absolute atomic E-state index is 0.0336. The first-order valence-corrected chi connectivity index (χ1v) is 23.2. The first-order valence-electron chi connectivity index (χ1n) is 23.2. The summed E-state index contributed by atoms with van der Waals surface area (Å²) in [4.78, 5) is 53.1. The Balaban J connectivity index is 0.832. The van der Waals surface area contributed by atoms with Crippen molar-refractivity contribution in [2.45, 2.75) is 40.0 Å². The number of piperazine rings is 2. The lowest BCUT2D eigenvalue weighted by molar-refractivity contribution is 0.150. The maximum Gasteiger partial charge on any atom is 0.321 e. The fourth-order valence-electron chi connectivity index (χ4n) is 9.99. The average Bonchev–Trinajstić information content (AvgIpc) is 4.22. The van der Waals surface area contributed by atoms with Gasteiger partial charge < -0.3 is 29.6 Å². The summed E-state index contributed by atoms with van der Waals surface area (Å²) in [5, 5.41) is 19.9.